The van der Waals surface area contributed by atoms with Gasteiger partial charge in [0.2, 0.25) is 10.0 Å². The van der Waals surface area contributed by atoms with Gasteiger partial charge in [-0.2, -0.15) is 13.2 Å². The van der Waals surface area contributed by atoms with Gasteiger partial charge in [-0.1, -0.05) is 0 Å². The predicted octanol–water partition coefficient (Wildman–Crippen LogP) is 2.48. The molecule has 1 fully saturated rings. The van der Waals surface area contributed by atoms with Crippen LogP contribution in [0.25, 0.3) is 0 Å². The van der Waals surface area contributed by atoms with Crippen LogP contribution in [0, 0.1) is 5.92 Å². The van der Waals surface area contributed by atoms with Crippen molar-refractivity contribution in [1.29, 1.82) is 0 Å². The average molecular weight is 387 g/mol. The van der Waals surface area contributed by atoms with Crippen LogP contribution in [0.4, 0.5) is 13.2 Å². The minimum absolute atomic E-state index is 0.0783. The molecule has 0 radical (unpaired) electrons. The van der Waals surface area contributed by atoms with Crippen LogP contribution in [0.15, 0.2) is 27.6 Å². The van der Waals surface area contributed by atoms with E-state index in [-0.39, 0.29) is 16.9 Å². The first-order valence-corrected chi connectivity index (χ1v) is 8.52. The van der Waals surface area contributed by atoms with Gasteiger partial charge in [0, 0.05) is 17.1 Å². The third-order valence-electron chi connectivity index (χ3n) is 3.30. The van der Waals surface area contributed by atoms with Crippen molar-refractivity contribution >= 4 is 26.0 Å². The van der Waals surface area contributed by atoms with E-state index in [1.165, 1.54) is 0 Å². The third-order valence-corrected chi connectivity index (χ3v) is 5.78. The lowest BCUT2D eigenvalue weighted by atomic mass is 10.2. The molecule has 1 saturated carbocycles. The van der Waals surface area contributed by atoms with E-state index >= 15 is 0 Å². The molecule has 2 rings (SSSR count). The Morgan fingerprint density at radius 3 is 2.48 bits per heavy atom. The van der Waals surface area contributed by atoms with Crippen LogP contribution >= 0.6 is 15.9 Å². The van der Waals surface area contributed by atoms with Crippen molar-refractivity contribution in [2.75, 3.05) is 6.54 Å². The molecular weight excluding hydrogens is 373 g/mol. The molecular formula is C12H14BrF3N2O2S. The smallest absolute Gasteiger partial charge is 0.329 e. The first kappa shape index (κ1) is 16.7. The molecule has 0 heterocycles. The lowest BCUT2D eigenvalue weighted by molar-refractivity contribution is -0.137. The zero-order valence-corrected chi connectivity index (χ0v) is 13.2. The number of nitrogens with one attached hydrogen (secondary N) is 1. The maximum atomic E-state index is 12.7. The van der Waals surface area contributed by atoms with Gasteiger partial charge >= 0.3 is 6.18 Å². The summed E-state index contributed by atoms with van der Waals surface area (Å²) in [7, 11) is -4.07. The van der Waals surface area contributed by atoms with Gasteiger partial charge in [0.15, 0.2) is 0 Å². The Morgan fingerprint density at radius 2 is 2.00 bits per heavy atom. The maximum Gasteiger partial charge on any atom is 0.416 e. The minimum Gasteiger partial charge on any atom is -0.329 e. The Kier molecular flexibility index (Phi) is 4.67. The standard InChI is InChI=1S/C12H14BrF3N2O2S/c13-9-4-3-8(12(14,15)16)5-11(9)21(19,20)18-10(6-17)7-1-2-7/h3-5,7,10,18H,1-2,6,17H2. The number of halogens is 4. The summed E-state index contributed by atoms with van der Waals surface area (Å²) in [5, 5.41) is 0. The fraction of sp³-hybridized carbons (Fsp3) is 0.500. The molecule has 118 valence electrons. The van der Waals surface area contributed by atoms with E-state index in [9.17, 15) is 21.6 Å². The van der Waals surface area contributed by atoms with Gasteiger partial charge in [-0.25, -0.2) is 13.1 Å². The van der Waals surface area contributed by atoms with Crippen LogP contribution in [-0.2, 0) is 16.2 Å². The van der Waals surface area contributed by atoms with Gasteiger partial charge in [-0.05, 0) is 52.9 Å². The van der Waals surface area contributed by atoms with Crippen molar-refractivity contribution in [1.82, 2.24) is 4.72 Å². The van der Waals surface area contributed by atoms with Gasteiger partial charge in [0.25, 0.3) is 0 Å². The molecule has 0 amide bonds. The molecule has 9 heteroatoms. The second-order valence-corrected chi connectivity index (χ2v) is 7.48. The van der Waals surface area contributed by atoms with E-state index in [1.807, 2.05) is 0 Å². The number of sulfonamides is 1. The molecule has 0 saturated heterocycles. The van der Waals surface area contributed by atoms with E-state index in [4.69, 9.17) is 5.73 Å². The Morgan fingerprint density at radius 1 is 1.38 bits per heavy atom. The third kappa shape index (κ3) is 3.97. The summed E-state index contributed by atoms with van der Waals surface area (Å²) in [6.07, 6.45) is -2.86. The highest BCUT2D eigenvalue weighted by atomic mass is 79.9. The Labute approximate surface area is 129 Å². The number of hydrogen-bond donors (Lipinski definition) is 2. The predicted molar refractivity (Wildman–Crippen MR) is 75.0 cm³/mol. The van der Waals surface area contributed by atoms with Crippen molar-refractivity contribution in [3.63, 3.8) is 0 Å². The second kappa shape index (κ2) is 5.86. The zero-order chi connectivity index (χ0) is 15.8. The normalized spacial score (nSPS) is 17.8. The fourth-order valence-corrected chi connectivity index (χ4v) is 4.29. The molecule has 1 atom stereocenters. The highest BCUT2D eigenvalue weighted by molar-refractivity contribution is 9.10. The number of alkyl halides is 3. The number of nitrogens with two attached hydrogens (primary N) is 1. The monoisotopic (exact) mass is 386 g/mol. The van der Waals surface area contributed by atoms with Gasteiger partial charge < -0.3 is 5.73 Å². The molecule has 1 aromatic carbocycles. The molecule has 0 bridgehead atoms. The van der Waals surface area contributed by atoms with Crippen LogP contribution in [0.2, 0.25) is 0 Å². The molecule has 0 spiro atoms. The zero-order valence-electron chi connectivity index (χ0n) is 10.8. The lowest BCUT2D eigenvalue weighted by Crippen LogP contribution is -2.41. The summed E-state index contributed by atoms with van der Waals surface area (Å²) in [5.74, 6) is 0.161. The van der Waals surface area contributed by atoms with E-state index in [2.05, 4.69) is 20.7 Å². The van der Waals surface area contributed by atoms with Crippen molar-refractivity contribution in [3.05, 3.63) is 28.2 Å². The summed E-state index contributed by atoms with van der Waals surface area (Å²) in [6.45, 7) is 0.112. The first-order valence-electron chi connectivity index (χ1n) is 6.24. The lowest BCUT2D eigenvalue weighted by Gasteiger charge is -2.17. The summed E-state index contributed by atoms with van der Waals surface area (Å²) < 4.78 is 65.1. The van der Waals surface area contributed by atoms with Crippen molar-refractivity contribution in [3.8, 4) is 0 Å². The van der Waals surface area contributed by atoms with E-state index in [0.29, 0.717) is 6.07 Å². The summed E-state index contributed by atoms with van der Waals surface area (Å²) in [6, 6.07) is 2.07. The van der Waals surface area contributed by atoms with Gasteiger partial charge in [-0.3, -0.25) is 0 Å². The molecule has 1 aliphatic rings. The Balaban J connectivity index is 2.34. The van der Waals surface area contributed by atoms with Crippen LogP contribution < -0.4 is 10.5 Å². The van der Waals surface area contributed by atoms with Gasteiger partial charge in [0.05, 0.1) is 10.5 Å². The molecule has 1 aromatic rings. The number of hydrogen-bond acceptors (Lipinski definition) is 3. The Bertz CT molecular complexity index is 630. The molecule has 3 N–H and O–H groups in total. The highest BCUT2D eigenvalue weighted by Gasteiger charge is 2.36. The Hall–Kier alpha value is -0.640. The fourth-order valence-electron chi connectivity index (χ4n) is 1.98. The van der Waals surface area contributed by atoms with E-state index in [1.54, 1.807) is 0 Å². The highest BCUT2D eigenvalue weighted by Crippen LogP contribution is 2.35. The van der Waals surface area contributed by atoms with Gasteiger partial charge in [0.1, 0.15) is 0 Å². The van der Waals surface area contributed by atoms with Crippen LogP contribution in [0.5, 0.6) is 0 Å². The minimum atomic E-state index is -4.60. The molecule has 0 aliphatic heterocycles. The van der Waals surface area contributed by atoms with Crippen molar-refractivity contribution < 1.29 is 21.6 Å². The van der Waals surface area contributed by atoms with E-state index < -0.39 is 32.7 Å². The molecule has 1 unspecified atom stereocenters. The molecule has 4 nitrogen and oxygen atoms in total. The number of benzene rings is 1. The van der Waals surface area contributed by atoms with Crippen molar-refractivity contribution in [2.24, 2.45) is 11.7 Å². The van der Waals surface area contributed by atoms with E-state index in [0.717, 1.165) is 25.0 Å². The summed E-state index contributed by atoms with van der Waals surface area (Å²) >= 11 is 2.98. The van der Waals surface area contributed by atoms with Crippen LogP contribution in [-0.4, -0.2) is 21.0 Å². The van der Waals surface area contributed by atoms with Crippen LogP contribution in [0.3, 0.4) is 0 Å². The van der Waals surface area contributed by atoms with Crippen LogP contribution in [0.1, 0.15) is 18.4 Å². The molecule has 21 heavy (non-hydrogen) atoms. The summed E-state index contributed by atoms with van der Waals surface area (Å²) in [5.41, 5.74) is 4.51. The summed E-state index contributed by atoms with van der Waals surface area (Å²) in [4.78, 5) is -0.434. The number of rotatable bonds is 5. The van der Waals surface area contributed by atoms with Crippen molar-refractivity contribution in [2.45, 2.75) is 30.0 Å². The largest absolute Gasteiger partial charge is 0.416 e. The molecule has 0 aromatic heterocycles. The maximum absolute atomic E-state index is 12.7. The molecule has 1 aliphatic carbocycles. The average Bonchev–Trinajstić information content (AvgIpc) is 3.19. The topological polar surface area (TPSA) is 72.2 Å². The van der Waals surface area contributed by atoms with Gasteiger partial charge in [-0.15, -0.1) is 0 Å². The quantitative estimate of drug-likeness (QED) is 0.816. The SMILES string of the molecule is NCC(NS(=O)(=O)c1cc(C(F)(F)F)ccc1Br)C1CC1. The second-order valence-electron chi connectivity index (χ2n) is 4.94. The first-order chi connectivity index (χ1) is 9.65.